The van der Waals surface area contributed by atoms with E-state index in [2.05, 4.69) is 34.2 Å². The van der Waals surface area contributed by atoms with E-state index in [-0.39, 0.29) is 18.1 Å². The summed E-state index contributed by atoms with van der Waals surface area (Å²) in [6.07, 6.45) is -0.0866. The lowest BCUT2D eigenvalue weighted by Crippen LogP contribution is -2.46. The third-order valence-corrected chi connectivity index (χ3v) is 5.14. The molecule has 2 aromatic rings. The van der Waals surface area contributed by atoms with Gasteiger partial charge < -0.3 is 19.7 Å². The van der Waals surface area contributed by atoms with Crippen molar-refractivity contribution in [3.63, 3.8) is 0 Å². The number of amides is 1. The molecule has 6 nitrogen and oxygen atoms in total. The highest BCUT2D eigenvalue weighted by Gasteiger charge is 2.24. The molecule has 0 saturated heterocycles. The Kier molecular flexibility index (Phi) is 7.49. The molecule has 0 saturated carbocycles. The lowest BCUT2D eigenvalue weighted by molar-refractivity contribution is -0.122. The topological polar surface area (TPSA) is 54.0 Å². The number of nitrogens with zero attached hydrogens (tertiary/aromatic N) is 2. The molecular formula is C23H31N3O3. The summed E-state index contributed by atoms with van der Waals surface area (Å²) in [7, 11) is 4.06. The summed E-state index contributed by atoms with van der Waals surface area (Å²) in [4.78, 5) is 16.8. The molecule has 0 bridgehead atoms. The predicted octanol–water partition coefficient (Wildman–Crippen LogP) is 2.57. The summed E-state index contributed by atoms with van der Waals surface area (Å²) in [6.45, 7) is 4.87. The molecule has 0 fully saturated rings. The van der Waals surface area contributed by atoms with E-state index in [4.69, 9.17) is 9.47 Å². The number of hydrogen-bond acceptors (Lipinski definition) is 5. The van der Waals surface area contributed by atoms with Gasteiger partial charge in [0.1, 0.15) is 12.7 Å². The predicted molar refractivity (Wildman–Crippen MR) is 114 cm³/mol. The van der Waals surface area contributed by atoms with Crippen LogP contribution in [0.1, 0.15) is 18.5 Å². The molecular weight excluding hydrogens is 366 g/mol. The zero-order chi connectivity index (χ0) is 20.6. The quantitative estimate of drug-likeness (QED) is 0.705. The maximum absolute atomic E-state index is 12.6. The molecule has 1 heterocycles. The van der Waals surface area contributed by atoms with E-state index in [9.17, 15) is 4.79 Å². The Morgan fingerprint density at radius 2 is 1.79 bits per heavy atom. The molecule has 0 aliphatic carbocycles. The van der Waals surface area contributed by atoms with Crippen molar-refractivity contribution in [2.75, 3.05) is 46.9 Å². The lowest BCUT2D eigenvalue weighted by Gasteiger charge is -2.31. The number of benzene rings is 2. The molecule has 0 radical (unpaired) electrons. The fourth-order valence-electron chi connectivity index (χ4n) is 3.49. The highest BCUT2D eigenvalue weighted by molar-refractivity contribution is 5.78. The van der Waals surface area contributed by atoms with Crippen LogP contribution in [-0.4, -0.2) is 68.7 Å². The summed E-state index contributed by atoms with van der Waals surface area (Å²) < 4.78 is 11.8. The molecule has 2 atom stereocenters. The monoisotopic (exact) mass is 397 g/mol. The fraction of sp³-hybridized carbons (Fsp3) is 0.435. The number of ether oxygens (including phenoxy) is 2. The minimum Gasteiger partial charge on any atom is -0.486 e. The molecule has 2 aromatic carbocycles. The van der Waals surface area contributed by atoms with Gasteiger partial charge >= 0.3 is 0 Å². The summed E-state index contributed by atoms with van der Waals surface area (Å²) in [5.74, 6) is 1.56. The number of likely N-dealkylation sites (N-methyl/N-ethyl adjacent to an activating group) is 2. The first-order chi connectivity index (χ1) is 14.1. The van der Waals surface area contributed by atoms with Crippen molar-refractivity contribution < 1.29 is 14.3 Å². The van der Waals surface area contributed by atoms with E-state index < -0.39 is 0 Å². The van der Waals surface area contributed by atoms with Crippen molar-refractivity contribution in [1.82, 2.24) is 15.1 Å². The Balaban J connectivity index is 1.49. The van der Waals surface area contributed by atoms with Crippen LogP contribution in [0.5, 0.6) is 11.5 Å². The standard InChI is InChI=1S/C23H31N3O3/c1-4-26(15-19-17-28-21-12-8-9-13-22(21)29-19)16-23(27)24-14-20(25(2)3)18-10-6-5-7-11-18/h5-13,19-20H,4,14-17H2,1-3H3,(H,24,27). The van der Waals surface area contributed by atoms with Gasteiger partial charge in [-0.05, 0) is 38.3 Å². The summed E-state index contributed by atoms with van der Waals surface area (Å²) in [5.41, 5.74) is 1.19. The van der Waals surface area contributed by atoms with E-state index >= 15 is 0 Å². The first-order valence-electron chi connectivity index (χ1n) is 10.2. The second-order valence-electron chi connectivity index (χ2n) is 7.52. The summed E-state index contributed by atoms with van der Waals surface area (Å²) in [5, 5.41) is 3.09. The van der Waals surface area contributed by atoms with Crippen LogP contribution in [0.2, 0.25) is 0 Å². The lowest BCUT2D eigenvalue weighted by atomic mass is 10.1. The van der Waals surface area contributed by atoms with E-state index in [1.54, 1.807) is 0 Å². The number of carbonyl (C=O) groups excluding carboxylic acids is 1. The van der Waals surface area contributed by atoms with Gasteiger partial charge in [0.15, 0.2) is 11.5 Å². The van der Waals surface area contributed by atoms with Crippen LogP contribution in [-0.2, 0) is 4.79 Å². The van der Waals surface area contributed by atoms with Crippen LogP contribution in [0.25, 0.3) is 0 Å². The number of rotatable bonds is 9. The minimum atomic E-state index is -0.0866. The van der Waals surface area contributed by atoms with Crippen molar-refractivity contribution in [2.45, 2.75) is 19.1 Å². The Hall–Kier alpha value is -2.57. The Morgan fingerprint density at radius 3 is 2.48 bits per heavy atom. The van der Waals surface area contributed by atoms with Gasteiger partial charge in [-0.3, -0.25) is 9.69 Å². The first kappa shape index (κ1) is 21.1. The van der Waals surface area contributed by atoms with E-state index in [1.165, 1.54) is 5.56 Å². The third-order valence-electron chi connectivity index (χ3n) is 5.14. The number of fused-ring (bicyclic) bond motifs is 1. The molecule has 1 aliphatic heterocycles. The van der Waals surface area contributed by atoms with E-state index in [0.29, 0.717) is 26.2 Å². The Labute approximate surface area is 173 Å². The average molecular weight is 398 g/mol. The Bertz CT molecular complexity index is 782. The SMILES string of the molecule is CCN(CC(=O)NCC(c1ccccc1)N(C)C)CC1COc2ccccc2O1. The van der Waals surface area contributed by atoms with Crippen LogP contribution in [0.4, 0.5) is 0 Å². The number of nitrogens with one attached hydrogen (secondary N) is 1. The van der Waals surface area contributed by atoms with Gasteiger partial charge in [-0.25, -0.2) is 0 Å². The molecule has 156 valence electrons. The largest absolute Gasteiger partial charge is 0.486 e. The normalized spacial score (nSPS) is 16.7. The molecule has 6 heteroatoms. The maximum Gasteiger partial charge on any atom is 0.234 e. The average Bonchev–Trinajstić information content (AvgIpc) is 2.74. The number of para-hydroxylation sites is 2. The fourth-order valence-corrected chi connectivity index (χ4v) is 3.49. The highest BCUT2D eigenvalue weighted by atomic mass is 16.6. The molecule has 29 heavy (non-hydrogen) atoms. The van der Waals surface area contributed by atoms with Crippen molar-refractivity contribution >= 4 is 5.91 Å². The molecule has 2 unspecified atom stereocenters. The smallest absolute Gasteiger partial charge is 0.234 e. The van der Waals surface area contributed by atoms with Crippen molar-refractivity contribution in [1.29, 1.82) is 0 Å². The van der Waals surface area contributed by atoms with Crippen molar-refractivity contribution in [2.24, 2.45) is 0 Å². The number of carbonyl (C=O) groups is 1. The zero-order valence-corrected chi connectivity index (χ0v) is 17.5. The molecule has 0 spiro atoms. The van der Waals surface area contributed by atoms with Crippen LogP contribution in [0, 0.1) is 0 Å². The number of hydrogen-bond donors (Lipinski definition) is 1. The van der Waals surface area contributed by atoms with Gasteiger partial charge in [-0.1, -0.05) is 49.4 Å². The zero-order valence-electron chi connectivity index (χ0n) is 17.5. The molecule has 1 amide bonds. The summed E-state index contributed by atoms with van der Waals surface area (Å²) >= 11 is 0. The highest BCUT2D eigenvalue weighted by Crippen LogP contribution is 2.31. The van der Waals surface area contributed by atoms with Gasteiger partial charge in [0, 0.05) is 13.1 Å². The van der Waals surface area contributed by atoms with E-state index in [0.717, 1.165) is 18.0 Å². The van der Waals surface area contributed by atoms with E-state index in [1.807, 2.05) is 56.6 Å². The maximum atomic E-state index is 12.6. The van der Waals surface area contributed by atoms with Gasteiger partial charge in [0.2, 0.25) is 5.91 Å². The van der Waals surface area contributed by atoms with Crippen LogP contribution in [0.3, 0.4) is 0 Å². The van der Waals surface area contributed by atoms with Crippen molar-refractivity contribution in [3.05, 3.63) is 60.2 Å². The molecule has 1 aliphatic rings. The van der Waals surface area contributed by atoms with Crippen LogP contribution in [0.15, 0.2) is 54.6 Å². The second kappa shape index (κ2) is 10.3. The Morgan fingerprint density at radius 1 is 1.10 bits per heavy atom. The van der Waals surface area contributed by atoms with Gasteiger partial charge in [0.05, 0.1) is 12.6 Å². The third kappa shape index (κ3) is 5.95. The summed E-state index contributed by atoms with van der Waals surface area (Å²) in [6, 6.07) is 18.1. The first-order valence-corrected chi connectivity index (χ1v) is 10.2. The van der Waals surface area contributed by atoms with Gasteiger partial charge in [0.25, 0.3) is 0 Å². The molecule has 0 aromatic heterocycles. The molecule has 3 rings (SSSR count). The van der Waals surface area contributed by atoms with Crippen LogP contribution < -0.4 is 14.8 Å². The van der Waals surface area contributed by atoms with Gasteiger partial charge in [-0.15, -0.1) is 0 Å². The molecule has 1 N–H and O–H groups in total. The van der Waals surface area contributed by atoms with Crippen LogP contribution >= 0.6 is 0 Å². The minimum absolute atomic E-state index is 0.0201. The second-order valence-corrected chi connectivity index (χ2v) is 7.52. The van der Waals surface area contributed by atoms with Gasteiger partial charge in [-0.2, -0.15) is 0 Å². The van der Waals surface area contributed by atoms with Crippen molar-refractivity contribution in [3.8, 4) is 11.5 Å².